The SMILES string of the molecule is C=C(C)/C(C)=C/C1C=CC(CN2C(C)CCCC2C)=CC1. The van der Waals surface area contributed by atoms with Crippen LogP contribution in [0.3, 0.4) is 0 Å². The van der Waals surface area contributed by atoms with Gasteiger partial charge in [0.25, 0.3) is 0 Å². The van der Waals surface area contributed by atoms with Gasteiger partial charge in [0, 0.05) is 18.6 Å². The van der Waals surface area contributed by atoms with Gasteiger partial charge in [-0.25, -0.2) is 0 Å². The number of allylic oxidation sites excluding steroid dienone is 5. The van der Waals surface area contributed by atoms with Gasteiger partial charge in [-0.15, -0.1) is 0 Å². The van der Waals surface area contributed by atoms with Crippen LogP contribution in [-0.4, -0.2) is 23.5 Å². The minimum atomic E-state index is 0.543. The van der Waals surface area contributed by atoms with Gasteiger partial charge in [0.05, 0.1) is 0 Å². The van der Waals surface area contributed by atoms with Gasteiger partial charge in [0.15, 0.2) is 0 Å². The number of piperidine rings is 1. The van der Waals surface area contributed by atoms with Crippen LogP contribution in [-0.2, 0) is 0 Å². The van der Waals surface area contributed by atoms with E-state index in [1.807, 2.05) is 0 Å². The normalized spacial score (nSPS) is 31.1. The van der Waals surface area contributed by atoms with Crippen molar-refractivity contribution in [3.63, 3.8) is 0 Å². The summed E-state index contributed by atoms with van der Waals surface area (Å²) >= 11 is 0. The van der Waals surface area contributed by atoms with Gasteiger partial charge in [-0.3, -0.25) is 4.90 Å². The third-order valence-electron chi connectivity index (χ3n) is 5.09. The Bertz CT molecular complexity index is 456. The molecule has 1 aliphatic carbocycles. The topological polar surface area (TPSA) is 3.24 Å². The summed E-state index contributed by atoms with van der Waals surface area (Å²) in [4.78, 5) is 2.68. The molecule has 2 aliphatic rings. The van der Waals surface area contributed by atoms with Crippen molar-refractivity contribution in [2.75, 3.05) is 6.54 Å². The molecular formula is C20H31N. The average molecular weight is 285 g/mol. The molecule has 0 bridgehead atoms. The molecule has 1 fully saturated rings. The summed E-state index contributed by atoms with van der Waals surface area (Å²) in [5.74, 6) is 0.543. The molecule has 1 heteroatoms. The number of hydrogen-bond donors (Lipinski definition) is 0. The molecule has 0 aromatic carbocycles. The smallest absolute Gasteiger partial charge is 0.0236 e. The summed E-state index contributed by atoms with van der Waals surface area (Å²) in [7, 11) is 0. The second kappa shape index (κ2) is 7.26. The van der Waals surface area contributed by atoms with E-state index in [0.717, 1.165) is 25.0 Å². The summed E-state index contributed by atoms with van der Waals surface area (Å²) in [6.07, 6.45) is 14.7. The van der Waals surface area contributed by atoms with Crippen molar-refractivity contribution >= 4 is 0 Å². The van der Waals surface area contributed by atoms with E-state index in [4.69, 9.17) is 0 Å². The lowest BCUT2D eigenvalue weighted by Crippen LogP contribution is -2.44. The molecule has 0 spiro atoms. The van der Waals surface area contributed by atoms with Crippen LogP contribution in [0, 0.1) is 5.92 Å². The lowest BCUT2D eigenvalue weighted by molar-refractivity contribution is 0.116. The Balaban J connectivity index is 1.93. The molecular weight excluding hydrogens is 254 g/mol. The Morgan fingerprint density at radius 1 is 1.29 bits per heavy atom. The molecule has 0 saturated carbocycles. The summed E-state index contributed by atoms with van der Waals surface area (Å²) in [5.41, 5.74) is 3.99. The summed E-state index contributed by atoms with van der Waals surface area (Å²) in [6.45, 7) is 14.1. The van der Waals surface area contributed by atoms with Crippen molar-refractivity contribution in [3.05, 3.63) is 47.6 Å². The zero-order valence-electron chi connectivity index (χ0n) is 14.2. The van der Waals surface area contributed by atoms with Gasteiger partial charge in [-0.2, -0.15) is 0 Å². The molecule has 2 rings (SSSR count). The first-order chi connectivity index (χ1) is 9.97. The molecule has 3 unspecified atom stereocenters. The highest BCUT2D eigenvalue weighted by atomic mass is 15.2. The maximum atomic E-state index is 4.02. The molecule has 1 heterocycles. The molecule has 0 aromatic heterocycles. The van der Waals surface area contributed by atoms with Crippen molar-refractivity contribution in [1.82, 2.24) is 4.90 Å². The number of hydrogen-bond acceptors (Lipinski definition) is 1. The zero-order valence-corrected chi connectivity index (χ0v) is 14.2. The van der Waals surface area contributed by atoms with E-state index in [0.29, 0.717) is 5.92 Å². The Morgan fingerprint density at radius 3 is 2.48 bits per heavy atom. The minimum Gasteiger partial charge on any atom is -0.294 e. The Hall–Kier alpha value is -1.08. The van der Waals surface area contributed by atoms with E-state index in [1.54, 1.807) is 0 Å². The highest BCUT2D eigenvalue weighted by molar-refractivity contribution is 5.31. The number of likely N-dealkylation sites (tertiary alicyclic amines) is 1. The number of rotatable bonds is 4. The van der Waals surface area contributed by atoms with Crippen LogP contribution >= 0.6 is 0 Å². The van der Waals surface area contributed by atoms with Crippen molar-refractivity contribution in [1.29, 1.82) is 0 Å². The molecule has 1 saturated heterocycles. The molecule has 21 heavy (non-hydrogen) atoms. The van der Waals surface area contributed by atoms with Gasteiger partial charge in [0.1, 0.15) is 0 Å². The molecule has 3 atom stereocenters. The molecule has 116 valence electrons. The van der Waals surface area contributed by atoms with Crippen molar-refractivity contribution < 1.29 is 0 Å². The molecule has 0 amide bonds. The largest absolute Gasteiger partial charge is 0.294 e. The average Bonchev–Trinajstić information content (AvgIpc) is 2.44. The third-order valence-corrected chi connectivity index (χ3v) is 5.09. The van der Waals surface area contributed by atoms with Gasteiger partial charge in [-0.05, 0) is 58.4 Å². The van der Waals surface area contributed by atoms with Crippen LogP contribution in [0.2, 0.25) is 0 Å². The van der Waals surface area contributed by atoms with Gasteiger partial charge >= 0.3 is 0 Å². The maximum absolute atomic E-state index is 4.02. The lowest BCUT2D eigenvalue weighted by atomic mass is 9.92. The van der Waals surface area contributed by atoms with Crippen molar-refractivity contribution in [2.24, 2.45) is 5.92 Å². The molecule has 1 aliphatic heterocycles. The highest BCUT2D eigenvalue weighted by Gasteiger charge is 2.25. The second-order valence-electron chi connectivity index (χ2n) is 6.97. The van der Waals surface area contributed by atoms with Crippen LogP contribution in [0.4, 0.5) is 0 Å². The van der Waals surface area contributed by atoms with Crippen LogP contribution < -0.4 is 0 Å². The van der Waals surface area contributed by atoms with Crippen LogP contribution in [0.15, 0.2) is 47.6 Å². The molecule has 0 aromatic rings. The Morgan fingerprint density at radius 2 is 1.95 bits per heavy atom. The predicted molar refractivity (Wildman–Crippen MR) is 93.4 cm³/mol. The maximum Gasteiger partial charge on any atom is 0.0236 e. The van der Waals surface area contributed by atoms with Crippen LogP contribution in [0.5, 0.6) is 0 Å². The van der Waals surface area contributed by atoms with Gasteiger partial charge < -0.3 is 0 Å². The predicted octanol–water partition coefficient (Wildman–Crippen LogP) is 5.27. The van der Waals surface area contributed by atoms with Gasteiger partial charge in [-0.1, -0.05) is 48.5 Å². The first kappa shape index (κ1) is 16.3. The van der Waals surface area contributed by atoms with E-state index in [9.17, 15) is 0 Å². The highest BCUT2D eigenvalue weighted by Crippen LogP contribution is 2.26. The third kappa shape index (κ3) is 4.44. The standard InChI is InChI=1S/C20H31N/c1-15(2)16(3)13-19-9-11-20(12-10-19)14-21-17(4)7-6-8-18(21)5/h9,11-13,17-19H,1,6-8,10,14H2,2-5H3/b16-13+. The Labute approximate surface area is 131 Å². The lowest BCUT2D eigenvalue weighted by Gasteiger charge is -2.39. The fraction of sp³-hybridized carbons (Fsp3) is 0.600. The zero-order chi connectivity index (χ0) is 15.4. The van der Waals surface area contributed by atoms with E-state index in [2.05, 4.69) is 63.5 Å². The van der Waals surface area contributed by atoms with Crippen LogP contribution in [0.1, 0.15) is 53.4 Å². The van der Waals surface area contributed by atoms with Crippen molar-refractivity contribution in [3.8, 4) is 0 Å². The summed E-state index contributed by atoms with van der Waals surface area (Å²) in [6, 6.07) is 1.46. The number of nitrogens with zero attached hydrogens (tertiary/aromatic N) is 1. The molecule has 1 nitrogen and oxygen atoms in total. The van der Waals surface area contributed by atoms with Crippen LogP contribution in [0.25, 0.3) is 0 Å². The minimum absolute atomic E-state index is 0.543. The van der Waals surface area contributed by atoms with E-state index in [1.165, 1.54) is 36.0 Å². The molecule has 0 radical (unpaired) electrons. The first-order valence-electron chi connectivity index (χ1n) is 8.44. The monoisotopic (exact) mass is 285 g/mol. The van der Waals surface area contributed by atoms with E-state index in [-0.39, 0.29) is 0 Å². The Kier molecular flexibility index (Phi) is 5.64. The van der Waals surface area contributed by atoms with Gasteiger partial charge in [0.2, 0.25) is 0 Å². The molecule has 0 N–H and O–H groups in total. The first-order valence-corrected chi connectivity index (χ1v) is 8.44. The quantitative estimate of drug-likeness (QED) is 0.636. The fourth-order valence-corrected chi connectivity index (χ4v) is 3.38. The van der Waals surface area contributed by atoms with E-state index >= 15 is 0 Å². The van der Waals surface area contributed by atoms with Crippen molar-refractivity contribution in [2.45, 2.75) is 65.5 Å². The summed E-state index contributed by atoms with van der Waals surface area (Å²) in [5, 5.41) is 0. The second-order valence-corrected chi connectivity index (χ2v) is 6.97. The van der Waals surface area contributed by atoms with E-state index < -0.39 is 0 Å². The summed E-state index contributed by atoms with van der Waals surface area (Å²) < 4.78 is 0. The fourth-order valence-electron chi connectivity index (χ4n) is 3.38.